The first-order valence-electron chi connectivity index (χ1n) is 6.40. The van der Waals surface area contributed by atoms with Crippen LogP contribution >= 0.6 is 11.8 Å². The molecule has 2 unspecified atom stereocenters. The van der Waals surface area contributed by atoms with Crippen LogP contribution < -0.4 is 10.0 Å². The first-order chi connectivity index (χ1) is 8.49. The number of hydrogen-bond donors (Lipinski definition) is 2. The summed E-state index contributed by atoms with van der Waals surface area (Å²) in [4.78, 5) is 0. The second kappa shape index (κ2) is 7.69. The van der Waals surface area contributed by atoms with Gasteiger partial charge in [0.05, 0.1) is 0 Å². The van der Waals surface area contributed by atoms with E-state index in [9.17, 15) is 8.42 Å². The highest BCUT2D eigenvalue weighted by Gasteiger charge is 2.29. The molecule has 0 bridgehead atoms. The molecule has 0 spiro atoms. The van der Waals surface area contributed by atoms with Gasteiger partial charge in [-0.3, -0.25) is 0 Å². The second-order valence-electron chi connectivity index (χ2n) is 4.90. The van der Waals surface area contributed by atoms with Gasteiger partial charge in [0.15, 0.2) is 0 Å². The molecule has 1 aliphatic heterocycles. The van der Waals surface area contributed by atoms with Gasteiger partial charge in [0.25, 0.3) is 10.2 Å². The molecule has 0 aromatic carbocycles. The third kappa shape index (κ3) is 5.05. The van der Waals surface area contributed by atoms with E-state index in [1.54, 1.807) is 16.1 Å². The van der Waals surface area contributed by atoms with Crippen molar-refractivity contribution in [2.24, 2.45) is 5.92 Å². The average molecular weight is 295 g/mol. The van der Waals surface area contributed by atoms with E-state index < -0.39 is 10.2 Å². The zero-order chi connectivity index (χ0) is 13.6. The molecule has 5 nitrogen and oxygen atoms in total. The summed E-state index contributed by atoms with van der Waals surface area (Å²) < 4.78 is 28.8. The molecule has 7 heteroatoms. The lowest BCUT2D eigenvalue weighted by molar-refractivity contribution is 0.260. The number of nitrogens with one attached hydrogen (secondary N) is 2. The Labute approximate surface area is 115 Å². The van der Waals surface area contributed by atoms with Crippen LogP contribution in [0.15, 0.2) is 0 Å². The van der Waals surface area contributed by atoms with Crippen LogP contribution in [0.5, 0.6) is 0 Å². The Bertz CT molecular complexity index is 333. The molecule has 1 rings (SSSR count). The fourth-order valence-electron chi connectivity index (χ4n) is 2.31. The van der Waals surface area contributed by atoms with Crippen LogP contribution in [0.2, 0.25) is 0 Å². The molecule has 0 aromatic rings. The summed E-state index contributed by atoms with van der Waals surface area (Å²) in [5.41, 5.74) is 0. The summed E-state index contributed by atoms with van der Waals surface area (Å²) in [6.07, 6.45) is 4.03. The maximum atomic E-state index is 12.2. The van der Waals surface area contributed by atoms with E-state index in [0.29, 0.717) is 19.0 Å². The van der Waals surface area contributed by atoms with Gasteiger partial charge in [-0.1, -0.05) is 0 Å². The molecule has 0 radical (unpaired) electrons. The van der Waals surface area contributed by atoms with Gasteiger partial charge in [-0.05, 0) is 45.5 Å². The van der Waals surface area contributed by atoms with Crippen molar-refractivity contribution in [1.82, 2.24) is 14.3 Å². The molecule has 0 aliphatic carbocycles. The van der Waals surface area contributed by atoms with Gasteiger partial charge in [0, 0.05) is 24.9 Å². The first-order valence-corrected chi connectivity index (χ1v) is 9.24. The fraction of sp³-hybridized carbons (Fsp3) is 1.00. The fourth-order valence-corrected chi connectivity index (χ4v) is 4.52. The van der Waals surface area contributed by atoms with Gasteiger partial charge in [-0.15, -0.1) is 0 Å². The maximum absolute atomic E-state index is 12.2. The molecule has 2 N–H and O–H groups in total. The van der Waals surface area contributed by atoms with Crippen molar-refractivity contribution in [2.75, 3.05) is 38.7 Å². The monoisotopic (exact) mass is 295 g/mol. The predicted octanol–water partition coefficient (Wildman–Crippen LogP) is 0.504. The van der Waals surface area contributed by atoms with Crippen LogP contribution in [0.25, 0.3) is 0 Å². The molecule has 2 atom stereocenters. The number of hydrogen-bond acceptors (Lipinski definition) is 4. The third-order valence-corrected chi connectivity index (χ3v) is 5.63. The SMILES string of the molecule is CNCC1CCCN(S(=O)(=O)NC(C)CSC)C1. The minimum Gasteiger partial charge on any atom is -0.319 e. The molecule has 1 heterocycles. The molecule has 108 valence electrons. The lowest BCUT2D eigenvalue weighted by Gasteiger charge is -2.32. The molecule has 0 amide bonds. The van der Waals surface area contributed by atoms with Crippen molar-refractivity contribution in [3.05, 3.63) is 0 Å². The Balaban J connectivity index is 2.55. The topological polar surface area (TPSA) is 61.4 Å². The lowest BCUT2D eigenvalue weighted by atomic mass is 10.00. The Morgan fingerprint density at radius 2 is 2.22 bits per heavy atom. The van der Waals surface area contributed by atoms with Crippen molar-refractivity contribution in [3.8, 4) is 0 Å². The summed E-state index contributed by atoms with van der Waals surface area (Å²) in [5.74, 6) is 1.23. The maximum Gasteiger partial charge on any atom is 0.279 e. The quantitative estimate of drug-likeness (QED) is 0.718. The summed E-state index contributed by atoms with van der Waals surface area (Å²) >= 11 is 1.65. The molecule has 0 saturated carbocycles. The Morgan fingerprint density at radius 3 is 2.83 bits per heavy atom. The van der Waals surface area contributed by atoms with Gasteiger partial charge in [0.2, 0.25) is 0 Å². The molecule has 0 aromatic heterocycles. The highest BCUT2D eigenvalue weighted by Crippen LogP contribution is 2.18. The van der Waals surface area contributed by atoms with Crippen LogP contribution in [0.4, 0.5) is 0 Å². The number of thioether (sulfide) groups is 1. The third-order valence-electron chi connectivity index (χ3n) is 3.08. The predicted molar refractivity (Wildman–Crippen MR) is 78.1 cm³/mol. The van der Waals surface area contributed by atoms with Crippen molar-refractivity contribution < 1.29 is 8.42 Å². The standard InChI is InChI=1S/C11H25N3O2S2/c1-10(9-17-3)13-18(15,16)14-6-4-5-11(8-14)7-12-2/h10-13H,4-9H2,1-3H3. The lowest BCUT2D eigenvalue weighted by Crippen LogP contribution is -2.50. The first kappa shape index (κ1) is 16.2. The van der Waals surface area contributed by atoms with Crippen LogP contribution in [0.3, 0.4) is 0 Å². The smallest absolute Gasteiger partial charge is 0.279 e. The zero-order valence-electron chi connectivity index (χ0n) is 11.5. The van der Waals surface area contributed by atoms with E-state index in [0.717, 1.165) is 25.1 Å². The molecule has 18 heavy (non-hydrogen) atoms. The average Bonchev–Trinajstić information content (AvgIpc) is 2.29. The number of rotatable bonds is 7. The van der Waals surface area contributed by atoms with Gasteiger partial charge >= 0.3 is 0 Å². The van der Waals surface area contributed by atoms with E-state index in [2.05, 4.69) is 10.0 Å². The molecular weight excluding hydrogens is 270 g/mol. The Kier molecular flexibility index (Phi) is 6.94. The van der Waals surface area contributed by atoms with Gasteiger partial charge in [0.1, 0.15) is 0 Å². The van der Waals surface area contributed by atoms with E-state index in [-0.39, 0.29) is 6.04 Å². The summed E-state index contributed by atoms with van der Waals surface area (Å²) in [5, 5.41) is 3.13. The van der Waals surface area contributed by atoms with Crippen LogP contribution in [-0.4, -0.2) is 57.5 Å². The minimum absolute atomic E-state index is 0.0188. The Morgan fingerprint density at radius 1 is 1.50 bits per heavy atom. The Hall–Kier alpha value is 0.180. The largest absolute Gasteiger partial charge is 0.319 e. The van der Waals surface area contributed by atoms with Gasteiger partial charge in [-0.25, -0.2) is 0 Å². The van der Waals surface area contributed by atoms with Crippen LogP contribution in [-0.2, 0) is 10.2 Å². The minimum atomic E-state index is -3.31. The highest BCUT2D eigenvalue weighted by atomic mass is 32.2. The summed E-state index contributed by atoms with van der Waals surface area (Å²) in [6.45, 7) is 4.05. The van der Waals surface area contributed by atoms with Crippen LogP contribution in [0.1, 0.15) is 19.8 Å². The van der Waals surface area contributed by atoms with Crippen molar-refractivity contribution in [2.45, 2.75) is 25.8 Å². The molecule has 1 aliphatic rings. The van der Waals surface area contributed by atoms with Crippen molar-refractivity contribution in [3.63, 3.8) is 0 Å². The molecule has 1 fully saturated rings. The van der Waals surface area contributed by atoms with Crippen molar-refractivity contribution in [1.29, 1.82) is 0 Å². The molecule has 1 saturated heterocycles. The van der Waals surface area contributed by atoms with Gasteiger partial charge in [-0.2, -0.15) is 29.2 Å². The normalized spacial score (nSPS) is 24.1. The van der Waals surface area contributed by atoms with Gasteiger partial charge < -0.3 is 5.32 Å². The van der Waals surface area contributed by atoms with E-state index in [1.165, 1.54) is 0 Å². The summed E-state index contributed by atoms with van der Waals surface area (Å²) in [6, 6.07) is -0.0188. The van der Waals surface area contributed by atoms with Crippen LogP contribution in [0, 0.1) is 5.92 Å². The highest BCUT2D eigenvalue weighted by molar-refractivity contribution is 7.98. The molecular formula is C11H25N3O2S2. The number of piperidine rings is 1. The summed E-state index contributed by atoms with van der Waals surface area (Å²) in [7, 11) is -1.40. The zero-order valence-corrected chi connectivity index (χ0v) is 13.1. The van der Waals surface area contributed by atoms with E-state index >= 15 is 0 Å². The second-order valence-corrected chi connectivity index (χ2v) is 7.52. The van der Waals surface area contributed by atoms with E-state index in [4.69, 9.17) is 0 Å². The number of nitrogens with zero attached hydrogens (tertiary/aromatic N) is 1. The van der Waals surface area contributed by atoms with E-state index in [1.807, 2.05) is 20.2 Å². The van der Waals surface area contributed by atoms with Crippen molar-refractivity contribution >= 4 is 22.0 Å².